The molecule has 0 spiro atoms. The van der Waals surface area contributed by atoms with Crippen LogP contribution in [-0.2, 0) is 6.42 Å². The van der Waals surface area contributed by atoms with Crippen molar-refractivity contribution in [2.75, 3.05) is 35.2 Å². The zero-order chi connectivity index (χ0) is 39.6. The van der Waals surface area contributed by atoms with E-state index < -0.39 is 24.3 Å². The molecule has 19 nitrogen and oxygen atoms in total. The van der Waals surface area contributed by atoms with Crippen LogP contribution in [0.4, 0.5) is 22.2 Å². The fourth-order valence-electron chi connectivity index (χ4n) is 7.88. The number of aliphatic hydroxyl groups is 2. The summed E-state index contributed by atoms with van der Waals surface area (Å²) in [5, 5.41) is 58.9. The van der Waals surface area contributed by atoms with Crippen LogP contribution in [0.5, 0.6) is 0 Å². The van der Waals surface area contributed by atoms with Gasteiger partial charge in [0, 0.05) is 49.3 Å². The summed E-state index contributed by atoms with van der Waals surface area (Å²) in [6.45, 7) is 3.48. The fraction of sp³-hybridized carbons (Fsp3) is 0.333. The third-order valence-electron chi connectivity index (χ3n) is 10.9. The molecule has 9 rings (SSSR count). The molecule has 1 aliphatic heterocycles. The molecule has 5 heterocycles. The van der Waals surface area contributed by atoms with Crippen LogP contribution < -0.4 is 20.9 Å². The van der Waals surface area contributed by atoms with Gasteiger partial charge in [-0.1, -0.05) is 79.7 Å². The van der Waals surface area contributed by atoms with Gasteiger partial charge in [0.05, 0.1) is 12.4 Å². The number of carbonyl (C=O) groups is 1. The number of rotatable bonds is 12. The molecule has 2 fully saturated rings. The smallest absolute Gasteiger partial charge is 0.319 e. The number of aromatic amines is 1. The zero-order valence-corrected chi connectivity index (χ0v) is 32.8. The molecule has 0 radical (unpaired) electrons. The lowest BCUT2D eigenvalue weighted by Crippen LogP contribution is -2.40. The summed E-state index contributed by atoms with van der Waals surface area (Å²) in [6.07, 6.45) is 0.923. The van der Waals surface area contributed by atoms with Crippen molar-refractivity contribution in [2.45, 2.75) is 62.4 Å². The number of imidazole rings is 1. The van der Waals surface area contributed by atoms with Crippen LogP contribution >= 0.6 is 12.4 Å². The van der Waals surface area contributed by atoms with Crippen molar-refractivity contribution >= 4 is 47.1 Å². The third-order valence-corrected chi connectivity index (χ3v) is 10.9. The van der Waals surface area contributed by atoms with Crippen LogP contribution in [0.25, 0.3) is 22.6 Å². The summed E-state index contributed by atoms with van der Waals surface area (Å²) in [5.41, 5.74) is 4.64. The van der Waals surface area contributed by atoms with E-state index in [4.69, 9.17) is 15.0 Å². The van der Waals surface area contributed by atoms with Crippen molar-refractivity contribution in [1.82, 2.24) is 65.7 Å². The summed E-state index contributed by atoms with van der Waals surface area (Å²) in [6, 6.07) is 26.1. The number of H-pyrrole nitrogens is 1. The van der Waals surface area contributed by atoms with Crippen LogP contribution in [0.1, 0.15) is 54.7 Å². The van der Waals surface area contributed by atoms with Gasteiger partial charge >= 0.3 is 6.03 Å². The van der Waals surface area contributed by atoms with Gasteiger partial charge in [-0.05, 0) is 51.7 Å². The number of benzene rings is 3. The molecule has 1 aliphatic carbocycles. The first-order valence-electron chi connectivity index (χ1n) is 19.3. The Kier molecular flexibility index (Phi) is 11.4. The molecule has 4 aromatic heterocycles. The Hall–Kier alpha value is -6.57. The minimum atomic E-state index is -1.15. The molecule has 20 heteroatoms. The largest absolute Gasteiger partial charge is 0.388 e. The molecular formula is C39H43ClN16O3. The number of aliphatic hydroxyl groups excluding tert-OH is 2. The molecule has 2 amide bonds. The number of aromatic nitrogens is 12. The summed E-state index contributed by atoms with van der Waals surface area (Å²) in [7, 11) is 0. The zero-order valence-electron chi connectivity index (χ0n) is 31.9. The molecule has 0 bridgehead atoms. The Balaban J connectivity index is 0.00000484. The van der Waals surface area contributed by atoms with Crippen molar-refractivity contribution in [2.24, 2.45) is 0 Å². The lowest BCUT2D eigenvalue weighted by Gasteiger charge is -2.22. The van der Waals surface area contributed by atoms with E-state index >= 15 is 0 Å². The van der Waals surface area contributed by atoms with Crippen LogP contribution in [0.2, 0.25) is 0 Å². The van der Waals surface area contributed by atoms with E-state index in [2.05, 4.69) is 76.3 Å². The lowest BCUT2D eigenvalue weighted by molar-refractivity contribution is 0.00473. The molecule has 7 aromatic rings. The Morgan fingerprint density at radius 3 is 2.42 bits per heavy atom. The first-order chi connectivity index (χ1) is 28.4. The second-order valence-electron chi connectivity index (χ2n) is 14.5. The molecule has 1 saturated heterocycles. The highest BCUT2D eigenvalue weighted by Crippen LogP contribution is 2.40. The Morgan fingerprint density at radius 2 is 1.71 bits per heavy atom. The SMILES string of the molecule is CCc1nnn([C@H]2C[C@@H](n3cnc4c(NCC(c5ccccc5)c5ccccc5)nc(N5CCC(NC(=O)Nc6cccc(-c7nnn[nH]7)c6)C5)nc43)[C@H](O)[C@@H]2O)n1.Cl. The number of hydrogen-bond donors (Lipinski definition) is 6. The Bertz CT molecular complexity index is 2440. The van der Waals surface area contributed by atoms with Gasteiger partial charge in [0.25, 0.3) is 0 Å². The number of halogens is 1. The van der Waals surface area contributed by atoms with Gasteiger partial charge in [-0.2, -0.15) is 14.8 Å². The minimum absolute atomic E-state index is 0. The van der Waals surface area contributed by atoms with Crippen LogP contribution in [0, 0.1) is 0 Å². The van der Waals surface area contributed by atoms with Gasteiger partial charge in [-0.3, -0.25) is 0 Å². The molecule has 1 saturated carbocycles. The predicted molar refractivity (Wildman–Crippen MR) is 220 cm³/mol. The number of nitrogens with zero attached hydrogens (tertiary/aromatic N) is 12. The molecular weight excluding hydrogens is 776 g/mol. The number of fused-ring (bicyclic) bond motifs is 1. The van der Waals surface area contributed by atoms with Crippen LogP contribution in [0.15, 0.2) is 91.3 Å². The topological polar surface area (TPSA) is 239 Å². The van der Waals surface area contributed by atoms with E-state index in [9.17, 15) is 15.0 Å². The molecule has 2 aliphatic rings. The normalized spacial score (nSPS) is 20.2. The highest BCUT2D eigenvalue weighted by Gasteiger charge is 2.45. The van der Waals surface area contributed by atoms with Crippen LogP contribution in [0.3, 0.4) is 0 Å². The van der Waals surface area contributed by atoms with E-state index in [1.165, 1.54) is 4.80 Å². The quantitative estimate of drug-likeness (QED) is 0.104. The van der Waals surface area contributed by atoms with Crippen molar-refractivity contribution in [3.05, 3.63) is 108 Å². The summed E-state index contributed by atoms with van der Waals surface area (Å²) in [5.74, 6) is 2.03. The second kappa shape index (κ2) is 17.1. The third kappa shape index (κ3) is 8.12. The summed E-state index contributed by atoms with van der Waals surface area (Å²) >= 11 is 0. The van der Waals surface area contributed by atoms with E-state index in [1.54, 1.807) is 18.5 Å². The maximum atomic E-state index is 13.2. The average Bonchev–Trinajstić information content (AvgIpc) is 4.11. The van der Waals surface area contributed by atoms with E-state index in [1.807, 2.05) is 64.9 Å². The monoisotopic (exact) mass is 818 g/mol. The average molecular weight is 819 g/mol. The van der Waals surface area contributed by atoms with Gasteiger partial charge in [0.1, 0.15) is 18.2 Å². The minimum Gasteiger partial charge on any atom is -0.388 e. The number of tetrazole rings is 2. The lowest BCUT2D eigenvalue weighted by atomic mass is 9.91. The fourth-order valence-corrected chi connectivity index (χ4v) is 7.88. The molecule has 1 unspecified atom stereocenters. The predicted octanol–water partition coefficient (Wildman–Crippen LogP) is 3.53. The van der Waals surface area contributed by atoms with Crippen LogP contribution in [-0.4, -0.2) is 114 Å². The van der Waals surface area contributed by atoms with Gasteiger partial charge in [0.2, 0.25) is 5.95 Å². The first kappa shape index (κ1) is 39.3. The second-order valence-corrected chi connectivity index (χ2v) is 14.5. The number of amides is 2. The highest BCUT2D eigenvalue weighted by molar-refractivity contribution is 5.90. The van der Waals surface area contributed by atoms with Gasteiger partial charge in [-0.15, -0.1) is 27.7 Å². The van der Waals surface area contributed by atoms with Gasteiger partial charge in [0.15, 0.2) is 28.6 Å². The number of aryl methyl sites for hydroxylation is 1. The van der Waals surface area contributed by atoms with E-state index in [-0.39, 0.29) is 30.4 Å². The number of urea groups is 1. The number of hydrogen-bond acceptors (Lipinski definition) is 14. The number of anilines is 3. The van der Waals surface area contributed by atoms with Crippen molar-refractivity contribution in [3.63, 3.8) is 0 Å². The standard InChI is InChI=1S/C39H42N16O3.ClH/c1-2-31-46-52-55(49-31)30-19-29(33(56)34(30)57)54-22-41-32-36(40-20-28(23-10-5-3-6-11-23)24-12-7-4-8-13-24)44-38(45-37(32)54)53-17-16-27(21-53)43-39(58)42-26-15-9-14-25(18-26)35-47-50-51-48-35;/h3-15,18,22,27-30,33-34,56-57H,2,16-17,19-21H2,1H3,(H,40,44,45)(H2,42,43,58)(H,47,48,50,51);1H/t27?,29-,30+,33+,34-;/m1./s1. The summed E-state index contributed by atoms with van der Waals surface area (Å²) < 4.78 is 1.81. The molecule has 6 N–H and O–H groups in total. The van der Waals surface area contributed by atoms with E-state index in [0.29, 0.717) is 79.2 Å². The van der Waals surface area contributed by atoms with Gasteiger partial charge < -0.3 is 35.6 Å². The maximum Gasteiger partial charge on any atom is 0.319 e. The van der Waals surface area contributed by atoms with Crippen molar-refractivity contribution in [1.29, 1.82) is 0 Å². The van der Waals surface area contributed by atoms with Crippen molar-refractivity contribution in [3.8, 4) is 11.4 Å². The Labute approximate surface area is 344 Å². The molecule has 3 aromatic carbocycles. The number of carbonyl (C=O) groups excluding carboxylic acids is 1. The molecule has 5 atom stereocenters. The number of nitrogens with one attached hydrogen (secondary N) is 4. The molecule has 59 heavy (non-hydrogen) atoms. The first-order valence-corrected chi connectivity index (χ1v) is 19.3. The van der Waals surface area contributed by atoms with E-state index in [0.717, 1.165) is 16.7 Å². The molecule has 304 valence electrons. The van der Waals surface area contributed by atoms with Crippen molar-refractivity contribution < 1.29 is 15.0 Å². The summed E-state index contributed by atoms with van der Waals surface area (Å²) in [4.78, 5) is 31.5. The maximum absolute atomic E-state index is 13.2. The van der Waals surface area contributed by atoms with Gasteiger partial charge in [-0.25, -0.2) is 14.9 Å². The Morgan fingerprint density at radius 1 is 0.949 bits per heavy atom. The highest BCUT2D eigenvalue weighted by atomic mass is 35.5.